The predicted molar refractivity (Wildman–Crippen MR) is 83.3 cm³/mol. The number of aryl methyl sites for hydroxylation is 1. The zero-order valence-corrected chi connectivity index (χ0v) is 12.1. The zero-order chi connectivity index (χ0) is 13.9. The Balaban J connectivity index is 1.86. The molecule has 1 N–H and O–H groups in total. The van der Waals surface area contributed by atoms with Crippen molar-refractivity contribution in [2.24, 2.45) is 0 Å². The summed E-state index contributed by atoms with van der Waals surface area (Å²) < 4.78 is 0. The standard InChI is InChI=1S/C17H21N3/c1-13-5-3-4-6-16(13)20(2)17-12-18-10-9-14(17)11-19-15-7-8-15/h3-6,9-10,12,15,19H,7-8,11H2,1-2H3. The fourth-order valence-corrected chi connectivity index (χ4v) is 2.48. The van der Waals surface area contributed by atoms with E-state index in [9.17, 15) is 0 Å². The van der Waals surface area contributed by atoms with Gasteiger partial charge in [0.2, 0.25) is 0 Å². The van der Waals surface area contributed by atoms with Crippen molar-refractivity contribution < 1.29 is 0 Å². The molecule has 1 aromatic heterocycles. The first-order valence-corrected chi connectivity index (χ1v) is 7.21. The van der Waals surface area contributed by atoms with Gasteiger partial charge in [0.15, 0.2) is 0 Å². The molecule has 0 aliphatic heterocycles. The van der Waals surface area contributed by atoms with Gasteiger partial charge in [0.25, 0.3) is 0 Å². The highest BCUT2D eigenvalue weighted by Crippen LogP contribution is 2.29. The Labute approximate surface area is 120 Å². The minimum atomic E-state index is 0.722. The molecule has 0 unspecified atom stereocenters. The molecule has 0 saturated heterocycles. The minimum Gasteiger partial charge on any atom is -0.343 e. The van der Waals surface area contributed by atoms with Crippen LogP contribution in [0.4, 0.5) is 11.4 Å². The van der Waals surface area contributed by atoms with Crippen molar-refractivity contribution in [3.05, 3.63) is 53.9 Å². The van der Waals surface area contributed by atoms with E-state index in [2.05, 4.69) is 59.5 Å². The molecule has 0 amide bonds. The molecular weight excluding hydrogens is 246 g/mol. The van der Waals surface area contributed by atoms with Crippen molar-refractivity contribution in [1.29, 1.82) is 0 Å². The number of pyridine rings is 1. The van der Waals surface area contributed by atoms with E-state index in [0.717, 1.165) is 12.6 Å². The van der Waals surface area contributed by atoms with Crippen LogP contribution in [0.3, 0.4) is 0 Å². The highest BCUT2D eigenvalue weighted by atomic mass is 15.1. The number of hydrogen-bond acceptors (Lipinski definition) is 3. The first-order valence-electron chi connectivity index (χ1n) is 7.21. The van der Waals surface area contributed by atoms with Gasteiger partial charge in [0.1, 0.15) is 0 Å². The van der Waals surface area contributed by atoms with Gasteiger partial charge in [-0.1, -0.05) is 18.2 Å². The Hall–Kier alpha value is -1.87. The lowest BCUT2D eigenvalue weighted by Crippen LogP contribution is -2.19. The fourth-order valence-electron chi connectivity index (χ4n) is 2.48. The molecule has 1 saturated carbocycles. The number of anilines is 2. The summed E-state index contributed by atoms with van der Waals surface area (Å²) in [5, 5.41) is 3.58. The lowest BCUT2D eigenvalue weighted by atomic mass is 10.1. The fraction of sp³-hybridized carbons (Fsp3) is 0.353. The number of para-hydroxylation sites is 1. The molecule has 2 aromatic rings. The van der Waals surface area contributed by atoms with Gasteiger partial charge in [-0.05, 0) is 43.0 Å². The molecule has 0 radical (unpaired) electrons. The smallest absolute Gasteiger partial charge is 0.0640 e. The molecule has 20 heavy (non-hydrogen) atoms. The van der Waals surface area contributed by atoms with Crippen LogP contribution in [0, 0.1) is 6.92 Å². The quantitative estimate of drug-likeness (QED) is 0.900. The third kappa shape index (κ3) is 2.83. The van der Waals surface area contributed by atoms with Crippen LogP contribution >= 0.6 is 0 Å². The maximum Gasteiger partial charge on any atom is 0.0640 e. The second-order valence-corrected chi connectivity index (χ2v) is 5.51. The molecular formula is C17H21N3. The van der Waals surface area contributed by atoms with E-state index in [0.29, 0.717) is 0 Å². The third-order valence-corrected chi connectivity index (χ3v) is 3.88. The Morgan fingerprint density at radius 2 is 2.00 bits per heavy atom. The van der Waals surface area contributed by atoms with Gasteiger partial charge in [0, 0.05) is 31.5 Å². The Morgan fingerprint density at radius 1 is 1.20 bits per heavy atom. The Bertz CT molecular complexity index is 590. The lowest BCUT2D eigenvalue weighted by Gasteiger charge is -2.24. The maximum atomic E-state index is 4.29. The van der Waals surface area contributed by atoms with E-state index in [1.54, 1.807) is 0 Å². The van der Waals surface area contributed by atoms with Crippen LogP contribution in [-0.2, 0) is 6.54 Å². The van der Waals surface area contributed by atoms with Crippen LogP contribution in [0.2, 0.25) is 0 Å². The second kappa shape index (κ2) is 5.63. The molecule has 1 heterocycles. The van der Waals surface area contributed by atoms with E-state index >= 15 is 0 Å². The molecule has 0 bridgehead atoms. The average molecular weight is 267 g/mol. The summed E-state index contributed by atoms with van der Waals surface area (Å²) in [5.41, 5.74) is 4.99. The predicted octanol–water partition coefficient (Wildman–Crippen LogP) is 3.41. The number of aromatic nitrogens is 1. The summed E-state index contributed by atoms with van der Waals surface area (Å²) in [6, 6.07) is 11.3. The largest absolute Gasteiger partial charge is 0.343 e. The summed E-state index contributed by atoms with van der Waals surface area (Å²) in [6.45, 7) is 3.06. The molecule has 1 aliphatic rings. The summed E-state index contributed by atoms with van der Waals surface area (Å²) in [7, 11) is 2.11. The topological polar surface area (TPSA) is 28.2 Å². The van der Waals surface area contributed by atoms with Crippen molar-refractivity contribution in [3.63, 3.8) is 0 Å². The van der Waals surface area contributed by atoms with Gasteiger partial charge in [0.05, 0.1) is 11.9 Å². The third-order valence-electron chi connectivity index (χ3n) is 3.88. The second-order valence-electron chi connectivity index (χ2n) is 5.51. The number of rotatable bonds is 5. The van der Waals surface area contributed by atoms with Crippen LogP contribution in [0.1, 0.15) is 24.0 Å². The summed E-state index contributed by atoms with van der Waals surface area (Å²) in [6.07, 6.45) is 6.46. The van der Waals surface area contributed by atoms with Gasteiger partial charge in [-0.3, -0.25) is 4.98 Å². The van der Waals surface area contributed by atoms with E-state index in [-0.39, 0.29) is 0 Å². The monoisotopic (exact) mass is 267 g/mol. The Morgan fingerprint density at radius 3 is 2.75 bits per heavy atom. The van der Waals surface area contributed by atoms with Crippen LogP contribution in [-0.4, -0.2) is 18.1 Å². The van der Waals surface area contributed by atoms with Gasteiger partial charge in [-0.25, -0.2) is 0 Å². The van der Waals surface area contributed by atoms with Gasteiger partial charge < -0.3 is 10.2 Å². The molecule has 1 fully saturated rings. The van der Waals surface area contributed by atoms with E-state index in [1.165, 1.54) is 35.3 Å². The van der Waals surface area contributed by atoms with E-state index in [4.69, 9.17) is 0 Å². The normalized spacial score (nSPS) is 14.3. The van der Waals surface area contributed by atoms with Gasteiger partial charge >= 0.3 is 0 Å². The first kappa shape index (κ1) is 13.1. The first-order chi connectivity index (χ1) is 9.75. The van der Waals surface area contributed by atoms with Crippen molar-refractivity contribution in [1.82, 2.24) is 10.3 Å². The molecule has 0 spiro atoms. The zero-order valence-electron chi connectivity index (χ0n) is 12.1. The summed E-state index contributed by atoms with van der Waals surface area (Å²) in [5.74, 6) is 0. The van der Waals surface area contributed by atoms with Crippen LogP contribution in [0.5, 0.6) is 0 Å². The number of nitrogens with one attached hydrogen (secondary N) is 1. The number of benzene rings is 1. The number of nitrogens with zero attached hydrogens (tertiary/aromatic N) is 2. The van der Waals surface area contributed by atoms with Crippen LogP contribution < -0.4 is 10.2 Å². The number of hydrogen-bond donors (Lipinski definition) is 1. The van der Waals surface area contributed by atoms with Crippen molar-refractivity contribution >= 4 is 11.4 Å². The molecule has 0 atom stereocenters. The van der Waals surface area contributed by atoms with Crippen molar-refractivity contribution in [3.8, 4) is 0 Å². The van der Waals surface area contributed by atoms with Crippen LogP contribution in [0.25, 0.3) is 0 Å². The van der Waals surface area contributed by atoms with Gasteiger partial charge in [-0.15, -0.1) is 0 Å². The molecule has 104 valence electrons. The van der Waals surface area contributed by atoms with E-state index in [1.807, 2.05) is 12.4 Å². The highest BCUT2D eigenvalue weighted by Gasteiger charge is 2.21. The van der Waals surface area contributed by atoms with Crippen molar-refractivity contribution in [2.75, 3.05) is 11.9 Å². The molecule has 3 heteroatoms. The molecule has 1 aromatic carbocycles. The summed E-state index contributed by atoms with van der Waals surface area (Å²) >= 11 is 0. The Kier molecular flexibility index (Phi) is 3.70. The molecule has 3 rings (SSSR count). The molecule has 3 nitrogen and oxygen atoms in total. The highest BCUT2D eigenvalue weighted by molar-refractivity contribution is 5.67. The summed E-state index contributed by atoms with van der Waals surface area (Å²) in [4.78, 5) is 6.52. The van der Waals surface area contributed by atoms with E-state index < -0.39 is 0 Å². The molecule has 1 aliphatic carbocycles. The van der Waals surface area contributed by atoms with Gasteiger partial charge in [-0.2, -0.15) is 0 Å². The SMILES string of the molecule is Cc1ccccc1N(C)c1cnccc1CNC1CC1. The maximum absolute atomic E-state index is 4.29. The average Bonchev–Trinajstić information content (AvgIpc) is 3.29. The minimum absolute atomic E-state index is 0.722. The van der Waals surface area contributed by atoms with Crippen molar-refractivity contribution in [2.45, 2.75) is 32.4 Å². The lowest BCUT2D eigenvalue weighted by molar-refractivity contribution is 0.687. The van der Waals surface area contributed by atoms with Crippen LogP contribution in [0.15, 0.2) is 42.7 Å².